The maximum atomic E-state index is 11.4. The fourth-order valence-corrected chi connectivity index (χ4v) is 2.25. The van der Waals surface area contributed by atoms with Crippen molar-refractivity contribution in [3.63, 3.8) is 0 Å². The second-order valence-electron chi connectivity index (χ2n) is 3.89. The standard InChI is InChI=1S/C13H10N2O2/c16-13(17)12-10-5-2-1-4-9(10)11-6-3-7-14-8-15(11)12/h1-8,12H,(H,16,17). The summed E-state index contributed by atoms with van der Waals surface area (Å²) in [7, 11) is 0. The van der Waals surface area contributed by atoms with Crippen molar-refractivity contribution in [3.05, 3.63) is 53.7 Å². The summed E-state index contributed by atoms with van der Waals surface area (Å²) in [6.07, 6.45) is 6.91. The van der Waals surface area contributed by atoms with E-state index in [4.69, 9.17) is 0 Å². The van der Waals surface area contributed by atoms with Gasteiger partial charge in [0.15, 0.2) is 6.04 Å². The summed E-state index contributed by atoms with van der Waals surface area (Å²) in [5.74, 6) is -0.866. The van der Waals surface area contributed by atoms with Gasteiger partial charge in [-0.15, -0.1) is 0 Å². The Kier molecular flexibility index (Phi) is 2.08. The molecule has 2 heterocycles. The molecule has 1 unspecified atom stereocenters. The van der Waals surface area contributed by atoms with Gasteiger partial charge in [-0.3, -0.25) is 0 Å². The van der Waals surface area contributed by atoms with Crippen molar-refractivity contribution in [1.82, 2.24) is 4.90 Å². The number of fused-ring (bicyclic) bond motifs is 3. The molecule has 2 aliphatic rings. The fourth-order valence-electron chi connectivity index (χ4n) is 2.25. The number of hydrogen-bond donors (Lipinski definition) is 1. The zero-order chi connectivity index (χ0) is 11.8. The number of carboxylic acids is 1. The summed E-state index contributed by atoms with van der Waals surface area (Å²) >= 11 is 0. The van der Waals surface area contributed by atoms with E-state index in [0.29, 0.717) is 0 Å². The third-order valence-electron chi connectivity index (χ3n) is 2.94. The van der Waals surface area contributed by atoms with Gasteiger partial charge in [0.1, 0.15) is 0 Å². The Morgan fingerprint density at radius 3 is 3.00 bits per heavy atom. The smallest absolute Gasteiger partial charge is 0.331 e. The number of aliphatic carboxylic acids is 1. The highest BCUT2D eigenvalue weighted by molar-refractivity contribution is 5.93. The summed E-state index contributed by atoms with van der Waals surface area (Å²) in [6.45, 7) is 0. The van der Waals surface area contributed by atoms with E-state index in [9.17, 15) is 9.90 Å². The van der Waals surface area contributed by atoms with Crippen molar-refractivity contribution in [2.45, 2.75) is 6.04 Å². The lowest BCUT2D eigenvalue weighted by molar-refractivity contribution is -0.140. The number of rotatable bonds is 1. The Bertz CT molecular complexity index is 573. The molecule has 3 rings (SSSR count). The molecule has 2 aliphatic heterocycles. The predicted molar refractivity (Wildman–Crippen MR) is 64.3 cm³/mol. The largest absolute Gasteiger partial charge is 0.479 e. The Labute approximate surface area is 98.2 Å². The van der Waals surface area contributed by atoms with Gasteiger partial charge in [0.2, 0.25) is 0 Å². The Morgan fingerprint density at radius 1 is 1.35 bits per heavy atom. The van der Waals surface area contributed by atoms with Crippen LogP contribution >= 0.6 is 0 Å². The van der Waals surface area contributed by atoms with Crippen LogP contribution in [0.3, 0.4) is 0 Å². The molecule has 0 fully saturated rings. The first-order valence-corrected chi connectivity index (χ1v) is 5.29. The van der Waals surface area contributed by atoms with Crippen LogP contribution in [0.1, 0.15) is 17.2 Å². The first kappa shape index (κ1) is 9.84. The molecular formula is C13H10N2O2. The van der Waals surface area contributed by atoms with Gasteiger partial charge < -0.3 is 10.0 Å². The number of carboxylic acid groups (broad SMARTS) is 1. The minimum Gasteiger partial charge on any atom is -0.479 e. The first-order valence-electron chi connectivity index (χ1n) is 5.29. The molecule has 84 valence electrons. The molecule has 4 heteroatoms. The van der Waals surface area contributed by atoms with E-state index in [1.807, 2.05) is 36.4 Å². The summed E-state index contributed by atoms with van der Waals surface area (Å²) in [4.78, 5) is 17.1. The van der Waals surface area contributed by atoms with E-state index in [0.717, 1.165) is 16.8 Å². The van der Waals surface area contributed by atoms with Crippen LogP contribution in [0.25, 0.3) is 5.70 Å². The average Bonchev–Trinajstić information content (AvgIpc) is 2.48. The number of nitrogens with zero attached hydrogens (tertiary/aromatic N) is 2. The number of aliphatic imine (C=N–C) groups is 1. The minimum atomic E-state index is -0.866. The Morgan fingerprint density at radius 2 is 2.18 bits per heavy atom. The molecule has 17 heavy (non-hydrogen) atoms. The van der Waals surface area contributed by atoms with Crippen molar-refractivity contribution in [3.8, 4) is 0 Å². The summed E-state index contributed by atoms with van der Waals surface area (Å²) < 4.78 is 0. The molecule has 0 saturated heterocycles. The SMILES string of the molecule is O=C(O)C1c2ccccc2C2=CC=CN=CN21. The molecule has 1 N–H and O–H groups in total. The van der Waals surface area contributed by atoms with Gasteiger partial charge in [0.05, 0.1) is 12.0 Å². The molecular weight excluding hydrogens is 216 g/mol. The van der Waals surface area contributed by atoms with Crippen LogP contribution in [0.4, 0.5) is 0 Å². The topological polar surface area (TPSA) is 52.9 Å². The predicted octanol–water partition coefficient (Wildman–Crippen LogP) is 2.02. The second kappa shape index (κ2) is 3.59. The fraction of sp³-hybridized carbons (Fsp3) is 0.0769. The highest BCUT2D eigenvalue weighted by Gasteiger charge is 2.37. The lowest BCUT2D eigenvalue weighted by Crippen LogP contribution is -2.26. The van der Waals surface area contributed by atoms with Crippen LogP contribution in [-0.2, 0) is 4.79 Å². The quantitative estimate of drug-likeness (QED) is 0.797. The average molecular weight is 226 g/mol. The van der Waals surface area contributed by atoms with Gasteiger partial charge in [-0.2, -0.15) is 0 Å². The van der Waals surface area contributed by atoms with Crippen molar-refractivity contribution < 1.29 is 9.90 Å². The second-order valence-corrected chi connectivity index (χ2v) is 3.89. The number of allylic oxidation sites excluding steroid dienone is 2. The minimum absolute atomic E-state index is 0.680. The van der Waals surface area contributed by atoms with Gasteiger partial charge in [-0.05, 0) is 17.7 Å². The maximum Gasteiger partial charge on any atom is 0.331 e. The van der Waals surface area contributed by atoms with Crippen molar-refractivity contribution in [2.75, 3.05) is 0 Å². The molecule has 1 atom stereocenters. The van der Waals surface area contributed by atoms with Gasteiger partial charge in [0.25, 0.3) is 0 Å². The van der Waals surface area contributed by atoms with Gasteiger partial charge in [-0.25, -0.2) is 9.79 Å². The van der Waals surface area contributed by atoms with E-state index in [-0.39, 0.29) is 0 Å². The van der Waals surface area contributed by atoms with Gasteiger partial charge in [-0.1, -0.05) is 24.3 Å². The van der Waals surface area contributed by atoms with E-state index in [1.54, 1.807) is 17.4 Å². The van der Waals surface area contributed by atoms with Gasteiger partial charge >= 0.3 is 5.97 Å². The molecule has 1 aromatic rings. The van der Waals surface area contributed by atoms with E-state index in [2.05, 4.69) is 4.99 Å². The first-order chi connectivity index (χ1) is 8.29. The molecule has 0 bridgehead atoms. The Hall–Kier alpha value is -2.36. The zero-order valence-corrected chi connectivity index (χ0v) is 8.95. The monoisotopic (exact) mass is 226 g/mol. The molecule has 0 amide bonds. The lowest BCUT2D eigenvalue weighted by atomic mass is 10.0. The molecule has 0 saturated carbocycles. The van der Waals surface area contributed by atoms with Gasteiger partial charge in [0, 0.05) is 11.8 Å². The number of carbonyl (C=O) groups is 1. The summed E-state index contributed by atoms with van der Waals surface area (Å²) in [5, 5.41) is 9.34. The van der Waals surface area contributed by atoms with Crippen molar-refractivity contribution >= 4 is 18.0 Å². The van der Waals surface area contributed by atoms with Crippen LogP contribution in [0.5, 0.6) is 0 Å². The van der Waals surface area contributed by atoms with Crippen LogP contribution in [0, 0.1) is 0 Å². The highest BCUT2D eigenvalue weighted by atomic mass is 16.4. The molecule has 1 aromatic carbocycles. The highest BCUT2D eigenvalue weighted by Crippen LogP contribution is 2.40. The van der Waals surface area contributed by atoms with E-state index in [1.165, 1.54) is 0 Å². The van der Waals surface area contributed by atoms with E-state index < -0.39 is 12.0 Å². The van der Waals surface area contributed by atoms with Crippen molar-refractivity contribution in [1.29, 1.82) is 0 Å². The zero-order valence-electron chi connectivity index (χ0n) is 8.95. The third-order valence-corrected chi connectivity index (χ3v) is 2.94. The summed E-state index contributed by atoms with van der Waals surface area (Å²) in [5.41, 5.74) is 2.65. The van der Waals surface area contributed by atoms with Crippen LogP contribution in [0.15, 0.2) is 47.6 Å². The normalized spacial score (nSPS) is 20.6. The van der Waals surface area contributed by atoms with Crippen molar-refractivity contribution in [2.24, 2.45) is 4.99 Å². The third kappa shape index (κ3) is 1.38. The molecule has 0 spiro atoms. The van der Waals surface area contributed by atoms with Crippen LogP contribution in [-0.4, -0.2) is 22.3 Å². The summed E-state index contributed by atoms with van der Waals surface area (Å²) in [6, 6.07) is 6.87. The van der Waals surface area contributed by atoms with E-state index >= 15 is 0 Å². The molecule has 4 nitrogen and oxygen atoms in total. The molecule has 0 radical (unpaired) electrons. The maximum absolute atomic E-state index is 11.4. The molecule has 0 aliphatic carbocycles. The Balaban J connectivity index is 2.24. The van der Waals surface area contributed by atoms with Crippen LogP contribution < -0.4 is 0 Å². The molecule has 0 aromatic heterocycles. The van der Waals surface area contributed by atoms with Crippen LogP contribution in [0.2, 0.25) is 0 Å². The lowest BCUT2D eigenvalue weighted by Gasteiger charge is -2.19. The number of hydrogen-bond acceptors (Lipinski definition) is 3. The number of benzene rings is 1.